The average Bonchev–Trinajstić information content (AvgIpc) is 2.98. The van der Waals surface area contributed by atoms with Crippen molar-refractivity contribution in [3.05, 3.63) is 30.1 Å². The van der Waals surface area contributed by atoms with E-state index in [-0.39, 0.29) is 12.0 Å². The zero-order valence-electron chi connectivity index (χ0n) is 14.8. The van der Waals surface area contributed by atoms with Gasteiger partial charge in [0, 0.05) is 30.3 Å². The molecule has 3 aromatic heterocycles. The lowest BCUT2D eigenvalue weighted by Gasteiger charge is -2.29. The first-order valence-corrected chi connectivity index (χ1v) is 9.25. The third kappa shape index (κ3) is 2.30. The molecule has 5 heterocycles. The molecule has 27 heavy (non-hydrogen) atoms. The summed E-state index contributed by atoms with van der Waals surface area (Å²) in [5, 5.41) is 15.4. The molecule has 2 bridgehead atoms. The Hall–Kier alpha value is -3.10. The molecule has 9 nitrogen and oxygen atoms in total. The van der Waals surface area contributed by atoms with Gasteiger partial charge in [0.1, 0.15) is 17.2 Å². The monoisotopic (exact) mass is 365 g/mol. The molecule has 3 fully saturated rings. The van der Waals surface area contributed by atoms with Crippen LogP contribution < -0.4 is 10.2 Å². The Morgan fingerprint density at radius 1 is 1.41 bits per heavy atom. The fourth-order valence-corrected chi connectivity index (χ4v) is 4.12. The molecule has 2 atom stereocenters. The van der Waals surface area contributed by atoms with Gasteiger partial charge in [-0.25, -0.2) is 9.31 Å². The zero-order chi connectivity index (χ0) is 18.2. The topological polar surface area (TPSA) is 100 Å². The maximum Gasteiger partial charge on any atom is 0.329 e. The minimum atomic E-state index is -0.453. The van der Waals surface area contributed by atoms with E-state index in [1.165, 1.54) is 12.8 Å². The molecule has 0 radical (unpaired) electrons. The molecule has 0 spiro atoms. The van der Waals surface area contributed by atoms with Gasteiger partial charge in [0.2, 0.25) is 5.95 Å². The largest absolute Gasteiger partial charge is 0.456 e. The second kappa shape index (κ2) is 4.99. The predicted octanol–water partition coefficient (Wildman–Crippen LogP) is 1.97. The van der Waals surface area contributed by atoms with E-state index in [1.807, 2.05) is 36.2 Å². The smallest absolute Gasteiger partial charge is 0.329 e. The summed E-state index contributed by atoms with van der Waals surface area (Å²) < 4.78 is 7.23. The summed E-state index contributed by atoms with van der Waals surface area (Å²) in [7, 11) is 0. The summed E-state index contributed by atoms with van der Waals surface area (Å²) in [4.78, 5) is 18.8. The number of carbonyl (C=O) groups excluding carboxylic acids is 1. The van der Waals surface area contributed by atoms with Crippen molar-refractivity contribution in [1.82, 2.24) is 24.8 Å². The van der Waals surface area contributed by atoms with Crippen LogP contribution in [-0.2, 0) is 9.53 Å². The van der Waals surface area contributed by atoms with Crippen LogP contribution in [0.1, 0.15) is 37.8 Å². The van der Waals surface area contributed by atoms with Gasteiger partial charge in [-0.15, -0.1) is 5.10 Å². The van der Waals surface area contributed by atoms with Crippen molar-refractivity contribution in [3.63, 3.8) is 0 Å². The predicted molar refractivity (Wildman–Crippen MR) is 97.1 cm³/mol. The molecule has 9 heteroatoms. The number of anilines is 3. The fourth-order valence-electron chi connectivity index (χ4n) is 4.12. The van der Waals surface area contributed by atoms with Gasteiger partial charge < -0.3 is 15.0 Å². The molecular formula is C18H19N7O2. The lowest BCUT2D eigenvalue weighted by molar-refractivity contribution is -0.150. The number of fused-ring (bicyclic) bond motifs is 3. The zero-order valence-corrected chi connectivity index (χ0v) is 14.8. The number of morpholine rings is 1. The van der Waals surface area contributed by atoms with E-state index in [0.29, 0.717) is 30.6 Å². The Morgan fingerprint density at radius 3 is 3.07 bits per heavy atom. The minimum absolute atomic E-state index is 0.198. The van der Waals surface area contributed by atoms with E-state index in [9.17, 15) is 4.79 Å². The summed E-state index contributed by atoms with van der Waals surface area (Å²) in [5.41, 5.74) is 1.56. The lowest BCUT2D eigenvalue weighted by Crippen LogP contribution is -2.45. The van der Waals surface area contributed by atoms with Gasteiger partial charge in [-0.3, -0.25) is 5.10 Å². The van der Waals surface area contributed by atoms with Gasteiger partial charge in [-0.1, -0.05) is 0 Å². The molecule has 1 aliphatic carbocycles. The van der Waals surface area contributed by atoms with Gasteiger partial charge in [-0.05, 0) is 31.9 Å². The van der Waals surface area contributed by atoms with Gasteiger partial charge in [0.25, 0.3) is 0 Å². The van der Waals surface area contributed by atoms with E-state index in [0.717, 1.165) is 17.0 Å². The van der Waals surface area contributed by atoms with Crippen molar-refractivity contribution < 1.29 is 9.53 Å². The third-order valence-electron chi connectivity index (χ3n) is 5.62. The van der Waals surface area contributed by atoms with Crippen LogP contribution in [0.2, 0.25) is 0 Å². The highest BCUT2D eigenvalue weighted by Crippen LogP contribution is 2.41. The van der Waals surface area contributed by atoms with Gasteiger partial charge in [0.15, 0.2) is 11.6 Å². The standard InChI is InChI=1S/C18H19N7O2/c1-18-8-13(16(26)27-18)24(9-18)17-20-15(12-3-2-6-25(12)23-17)19-14-7-11(21-22-14)10-4-5-10/h2-3,6-7,10,13H,4-5,8-9H2,1H3,(H2,19,20,21,22,23)/t13?,18-/m0/s1. The molecule has 1 saturated carbocycles. The highest BCUT2D eigenvalue weighted by Gasteiger charge is 2.55. The maximum atomic E-state index is 12.1. The fraction of sp³-hybridized carbons (Fsp3) is 0.444. The molecule has 1 unspecified atom stereocenters. The van der Waals surface area contributed by atoms with Crippen LogP contribution in [0, 0.1) is 0 Å². The minimum Gasteiger partial charge on any atom is -0.456 e. The quantitative estimate of drug-likeness (QED) is 0.682. The first kappa shape index (κ1) is 15.0. The first-order chi connectivity index (χ1) is 13.1. The molecule has 3 aliphatic rings. The Kier molecular flexibility index (Phi) is 2.78. The van der Waals surface area contributed by atoms with E-state index in [2.05, 4.69) is 20.6 Å². The van der Waals surface area contributed by atoms with Crippen LogP contribution in [0.3, 0.4) is 0 Å². The average molecular weight is 365 g/mol. The number of nitrogens with one attached hydrogen (secondary N) is 2. The van der Waals surface area contributed by atoms with Crippen LogP contribution in [0.4, 0.5) is 17.6 Å². The van der Waals surface area contributed by atoms with Crippen LogP contribution in [0.5, 0.6) is 0 Å². The van der Waals surface area contributed by atoms with Crippen molar-refractivity contribution in [1.29, 1.82) is 0 Å². The van der Waals surface area contributed by atoms with Crippen LogP contribution >= 0.6 is 0 Å². The Balaban J connectivity index is 1.38. The molecule has 2 aliphatic heterocycles. The van der Waals surface area contributed by atoms with E-state index >= 15 is 0 Å². The number of ether oxygens (including phenoxy) is 1. The number of aromatic nitrogens is 5. The van der Waals surface area contributed by atoms with Gasteiger partial charge >= 0.3 is 5.97 Å². The molecule has 0 amide bonds. The number of esters is 1. The van der Waals surface area contributed by atoms with Crippen molar-refractivity contribution in [2.75, 3.05) is 16.8 Å². The summed E-state index contributed by atoms with van der Waals surface area (Å²) in [6.07, 6.45) is 4.98. The van der Waals surface area contributed by atoms with Crippen LogP contribution in [0.15, 0.2) is 24.4 Å². The van der Waals surface area contributed by atoms with Crippen molar-refractivity contribution in [2.45, 2.75) is 43.7 Å². The molecular weight excluding hydrogens is 346 g/mol. The van der Waals surface area contributed by atoms with Crippen molar-refractivity contribution >= 4 is 29.1 Å². The van der Waals surface area contributed by atoms with Crippen LogP contribution in [-0.4, -0.2) is 49.0 Å². The summed E-state index contributed by atoms with van der Waals surface area (Å²) in [6.45, 7) is 2.56. The first-order valence-electron chi connectivity index (χ1n) is 9.25. The Bertz CT molecular complexity index is 1070. The number of rotatable bonds is 4. The van der Waals surface area contributed by atoms with E-state index in [4.69, 9.17) is 9.72 Å². The normalized spacial score (nSPS) is 26.8. The highest BCUT2D eigenvalue weighted by molar-refractivity contribution is 5.84. The summed E-state index contributed by atoms with van der Waals surface area (Å²) in [5.74, 6) is 2.33. The number of carbonyl (C=O) groups is 1. The second-order valence-corrected chi connectivity index (χ2v) is 7.93. The molecule has 3 aromatic rings. The number of hydrogen-bond donors (Lipinski definition) is 2. The molecule has 138 valence electrons. The number of hydrogen-bond acceptors (Lipinski definition) is 7. The van der Waals surface area contributed by atoms with Gasteiger partial charge in [-0.2, -0.15) is 10.1 Å². The maximum absolute atomic E-state index is 12.1. The van der Waals surface area contributed by atoms with Gasteiger partial charge in [0.05, 0.1) is 6.54 Å². The van der Waals surface area contributed by atoms with Crippen LogP contribution in [0.25, 0.3) is 5.52 Å². The van der Waals surface area contributed by atoms with Crippen molar-refractivity contribution in [3.8, 4) is 0 Å². The SMILES string of the molecule is C[C@@]12CC(C(=O)O1)N(c1nc(Nc3cc(C4CC4)[nH]n3)c3cccn3n1)C2. The third-order valence-corrected chi connectivity index (χ3v) is 5.62. The second-order valence-electron chi connectivity index (χ2n) is 7.93. The molecule has 2 saturated heterocycles. The molecule has 0 aromatic carbocycles. The van der Waals surface area contributed by atoms with Crippen molar-refractivity contribution in [2.24, 2.45) is 0 Å². The lowest BCUT2D eigenvalue weighted by atomic mass is 10.1. The van der Waals surface area contributed by atoms with E-state index < -0.39 is 5.60 Å². The molecule has 2 N–H and O–H groups in total. The number of nitrogens with zero attached hydrogens (tertiary/aromatic N) is 5. The summed E-state index contributed by atoms with van der Waals surface area (Å²) in [6, 6.07) is 5.59. The number of H-pyrrole nitrogens is 1. The van der Waals surface area contributed by atoms with E-state index in [1.54, 1.807) is 4.52 Å². The Labute approximate surface area is 154 Å². The Morgan fingerprint density at radius 2 is 2.30 bits per heavy atom. The number of aromatic amines is 1. The summed E-state index contributed by atoms with van der Waals surface area (Å²) >= 11 is 0. The highest BCUT2D eigenvalue weighted by atomic mass is 16.6. The molecule has 6 rings (SSSR count).